The predicted molar refractivity (Wildman–Crippen MR) is 109 cm³/mol. The number of halogens is 1. The maximum atomic E-state index is 5.12. The fraction of sp³-hybridized carbons (Fsp3) is 0.611. The number of nitrogens with zero attached hydrogens (tertiary/aromatic N) is 1. The second kappa shape index (κ2) is 12.6. The lowest BCUT2D eigenvalue weighted by atomic mass is 10.0. The second-order valence-corrected chi connectivity index (χ2v) is 6.19. The summed E-state index contributed by atoms with van der Waals surface area (Å²) in [6.45, 7) is 8.14. The van der Waals surface area contributed by atoms with E-state index in [2.05, 4.69) is 60.7 Å². The van der Waals surface area contributed by atoms with E-state index in [0.717, 1.165) is 24.8 Å². The number of nitrogens with one attached hydrogen (secondary N) is 2. The van der Waals surface area contributed by atoms with Crippen molar-refractivity contribution in [1.82, 2.24) is 10.6 Å². The first-order valence-electron chi connectivity index (χ1n) is 8.09. The van der Waals surface area contributed by atoms with Crippen LogP contribution in [0.4, 0.5) is 0 Å². The number of ether oxygens (including phenoxy) is 1. The molecule has 1 atom stereocenters. The molecule has 1 rings (SSSR count). The molecule has 0 fully saturated rings. The Morgan fingerprint density at radius 2 is 1.70 bits per heavy atom. The van der Waals surface area contributed by atoms with Gasteiger partial charge in [0, 0.05) is 26.7 Å². The van der Waals surface area contributed by atoms with Gasteiger partial charge >= 0.3 is 0 Å². The Bertz CT molecular complexity index is 446. The quantitative estimate of drug-likeness (QED) is 0.371. The molecule has 0 amide bonds. The van der Waals surface area contributed by atoms with E-state index in [9.17, 15) is 0 Å². The third-order valence-electron chi connectivity index (χ3n) is 3.58. The zero-order valence-corrected chi connectivity index (χ0v) is 17.4. The SMILES string of the molecule is CN=C(NCc1ccc(COC)cc1)NC(C)CCC(C)C.I. The Kier molecular flexibility index (Phi) is 12.1. The van der Waals surface area contributed by atoms with E-state index in [-0.39, 0.29) is 24.0 Å². The number of methoxy groups -OCH3 is 1. The maximum Gasteiger partial charge on any atom is 0.191 e. The van der Waals surface area contributed by atoms with Crippen molar-refractivity contribution < 1.29 is 4.74 Å². The number of aliphatic imine (C=N–C) groups is 1. The third-order valence-corrected chi connectivity index (χ3v) is 3.58. The summed E-state index contributed by atoms with van der Waals surface area (Å²) in [6, 6.07) is 8.87. The average Bonchev–Trinajstić information content (AvgIpc) is 2.51. The molecule has 1 aromatic carbocycles. The van der Waals surface area contributed by atoms with Crippen LogP contribution < -0.4 is 10.6 Å². The van der Waals surface area contributed by atoms with Crippen molar-refractivity contribution in [3.63, 3.8) is 0 Å². The highest BCUT2D eigenvalue weighted by Crippen LogP contribution is 2.07. The van der Waals surface area contributed by atoms with Crippen molar-refractivity contribution in [3.05, 3.63) is 35.4 Å². The van der Waals surface area contributed by atoms with Gasteiger partial charge in [0.05, 0.1) is 6.61 Å². The first kappa shape index (κ1) is 22.2. The van der Waals surface area contributed by atoms with Gasteiger partial charge in [-0.15, -0.1) is 24.0 Å². The molecule has 0 aliphatic rings. The van der Waals surface area contributed by atoms with Crippen LogP contribution in [0.3, 0.4) is 0 Å². The average molecular weight is 433 g/mol. The maximum absolute atomic E-state index is 5.12. The molecule has 0 heterocycles. The summed E-state index contributed by atoms with van der Waals surface area (Å²) in [5, 5.41) is 6.81. The highest BCUT2D eigenvalue weighted by molar-refractivity contribution is 14.0. The second-order valence-electron chi connectivity index (χ2n) is 6.19. The van der Waals surface area contributed by atoms with E-state index < -0.39 is 0 Å². The Morgan fingerprint density at radius 3 is 2.22 bits per heavy atom. The summed E-state index contributed by atoms with van der Waals surface area (Å²) in [5.41, 5.74) is 2.42. The van der Waals surface area contributed by atoms with Crippen LogP contribution in [0.1, 0.15) is 44.7 Å². The topological polar surface area (TPSA) is 45.7 Å². The molecule has 0 aliphatic carbocycles. The van der Waals surface area contributed by atoms with Gasteiger partial charge in [-0.2, -0.15) is 0 Å². The Hall–Kier alpha value is -0.820. The Morgan fingerprint density at radius 1 is 1.09 bits per heavy atom. The summed E-state index contributed by atoms with van der Waals surface area (Å²) in [7, 11) is 3.53. The van der Waals surface area contributed by atoms with Gasteiger partial charge < -0.3 is 15.4 Å². The molecule has 0 spiro atoms. The Labute approximate surface area is 158 Å². The lowest BCUT2D eigenvalue weighted by Crippen LogP contribution is -2.41. The lowest BCUT2D eigenvalue weighted by molar-refractivity contribution is 0.185. The third kappa shape index (κ3) is 9.81. The molecule has 1 unspecified atom stereocenters. The smallest absolute Gasteiger partial charge is 0.191 e. The van der Waals surface area contributed by atoms with Crippen molar-refractivity contribution in [1.29, 1.82) is 0 Å². The van der Waals surface area contributed by atoms with E-state index in [1.165, 1.54) is 17.5 Å². The molecule has 0 bridgehead atoms. The summed E-state index contributed by atoms with van der Waals surface area (Å²) >= 11 is 0. The minimum absolute atomic E-state index is 0. The molecular formula is C18H32IN3O. The molecule has 0 radical (unpaired) electrons. The van der Waals surface area contributed by atoms with Crippen LogP contribution in [0, 0.1) is 5.92 Å². The van der Waals surface area contributed by atoms with Gasteiger partial charge in [-0.25, -0.2) is 0 Å². The van der Waals surface area contributed by atoms with Crippen LogP contribution in [0.25, 0.3) is 0 Å². The molecule has 0 aromatic heterocycles. The molecule has 0 aliphatic heterocycles. The number of benzene rings is 1. The monoisotopic (exact) mass is 433 g/mol. The van der Waals surface area contributed by atoms with Gasteiger partial charge in [0.15, 0.2) is 5.96 Å². The number of rotatable bonds is 8. The molecular weight excluding hydrogens is 401 g/mol. The van der Waals surface area contributed by atoms with E-state index in [0.29, 0.717) is 12.6 Å². The standard InChI is InChI=1S/C18H31N3O.HI/c1-14(2)6-7-15(3)21-18(19-4)20-12-16-8-10-17(11-9-16)13-22-5;/h8-11,14-15H,6-7,12-13H2,1-5H3,(H2,19,20,21);1H. The van der Waals surface area contributed by atoms with Crippen LogP contribution in [-0.2, 0) is 17.9 Å². The molecule has 132 valence electrons. The molecule has 5 heteroatoms. The van der Waals surface area contributed by atoms with Gasteiger partial charge in [-0.3, -0.25) is 4.99 Å². The molecule has 1 aromatic rings. The zero-order valence-electron chi connectivity index (χ0n) is 15.1. The zero-order chi connectivity index (χ0) is 16.4. The van der Waals surface area contributed by atoms with Crippen LogP contribution in [0.2, 0.25) is 0 Å². The summed E-state index contributed by atoms with van der Waals surface area (Å²) in [6.07, 6.45) is 2.39. The van der Waals surface area contributed by atoms with Crippen LogP contribution in [-0.4, -0.2) is 26.2 Å². The minimum Gasteiger partial charge on any atom is -0.380 e. The minimum atomic E-state index is 0. The van der Waals surface area contributed by atoms with E-state index in [1.807, 2.05) is 7.05 Å². The fourth-order valence-electron chi connectivity index (χ4n) is 2.19. The van der Waals surface area contributed by atoms with Crippen molar-refractivity contribution >= 4 is 29.9 Å². The molecule has 0 saturated carbocycles. The van der Waals surface area contributed by atoms with Gasteiger partial charge in [-0.1, -0.05) is 38.1 Å². The summed E-state index contributed by atoms with van der Waals surface area (Å²) in [5.74, 6) is 1.60. The normalized spacial score (nSPS) is 12.7. The van der Waals surface area contributed by atoms with E-state index in [1.54, 1.807) is 7.11 Å². The van der Waals surface area contributed by atoms with E-state index in [4.69, 9.17) is 4.74 Å². The summed E-state index contributed by atoms with van der Waals surface area (Å²) in [4.78, 5) is 4.29. The largest absolute Gasteiger partial charge is 0.380 e. The first-order valence-corrected chi connectivity index (χ1v) is 8.09. The van der Waals surface area contributed by atoms with E-state index >= 15 is 0 Å². The fourth-order valence-corrected chi connectivity index (χ4v) is 2.19. The Balaban J connectivity index is 0.00000484. The highest BCUT2D eigenvalue weighted by atomic mass is 127. The molecule has 2 N–H and O–H groups in total. The predicted octanol–water partition coefficient (Wildman–Crippen LogP) is 3.94. The van der Waals surface area contributed by atoms with Crippen molar-refractivity contribution in [2.75, 3.05) is 14.2 Å². The number of guanidine groups is 1. The van der Waals surface area contributed by atoms with Gasteiger partial charge in [0.1, 0.15) is 0 Å². The van der Waals surface area contributed by atoms with Gasteiger partial charge in [0.2, 0.25) is 0 Å². The van der Waals surface area contributed by atoms with Crippen molar-refractivity contribution in [2.45, 2.75) is 52.8 Å². The van der Waals surface area contributed by atoms with Gasteiger partial charge in [-0.05, 0) is 36.8 Å². The number of hydrogen-bond acceptors (Lipinski definition) is 2. The number of hydrogen-bond donors (Lipinski definition) is 2. The molecule has 23 heavy (non-hydrogen) atoms. The first-order chi connectivity index (χ1) is 10.5. The van der Waals surface area contributed by atoms with Crippen LogP contribution in [0.15, 0.2) is 29.3 Å². The summed E-state index contributed by atoms with van der Waals surface area (Å²) < 4.78 is 5.12. The van der Waals surface area contributed by atoms with Gasteiger partial charge in [0.25, 0.3) is 0 Å². The van der Waals surface area contributed by atoms with Crippen LogP contribution >= 0.6 is 24.0 Å². The van der Waals surface area contributed by atoms with Crippen molar-refractivity contribution in [3.8, 4) is 0 Å². The molecule has 4 nitrogen and oxygen atoms in total. The van der Waals surface area contributed by atoms with Crippen molar-refractivity contribution in [2.24, 2.45) is 10.9 Å². The van der Waals surface area contributed by atoms with Crippen LogP contribution in [0.5, 0.6) is 0 Å². The highest BCUT2D eigenvalue weighted by Gasteiger charge is 2.06. The molecule has 0 saturated heterocycles. The lowest BCUT2D eigenvalue weighted by Gasteiger charge is -2.18.